The molecule has 4 nitrogen and oxygen atoms in total. The van der Waals surface area contributed by atoms with Crippen molar-refractivity contribution in [2.45, 2.75) is 19.8 Å². The highest BCUT2D eigenvalue weighted by Gasteiger charge is 2.08. The SMILES string of the molecule is Cc1ncsc1CCN(C)CC(=O)NCCc1ccc(Cl)cc1. The van der Waals surface area contributed by atoms with E-state index in [1.807, 2.05) is 48.6 Å². The summed E-state index contributed by atoms with van der Waals surface area (Å²) < 4.78 is 0. The summed E-state index contributed by atoms with van der Waals surface area (Å²) >= 11 is 7.53. The van der Waals surface area contributed by atoms with Crippen LogP contribution in [0.4, 0.5) is 0 Å². The number of halogens is 1. The van der Waals surface area contributed by atoms with Crippen molar-refractivity contribution in [3.8, 4) is 0 Å². The minimum atomic E-state index is 0.0579. The zero-order valence-corrected chi connectivity index (χ0v) is 15.1. The molecular weight excluding hydrogens is 330 g/mol. The maximum atomic E-state index is 11.9. The lowest BCUT2D eigenvalue weighted by molar-refractivity contribution is -0.121. The zero-order valence-electron chi connectivity index (χ0n) is 13.5. The van der Waals surface area contributed by atoms with Gasteiger partial charge in [0.15, 0.2) is 0 Å². The van der Waals surface area contributed by atoms with Crippen LogP contribution in [0.25, 0.3) is 0 Å². The first-order valence-electron chi connectivity index (χ1n) is 7.63. The molecule has 0 unspecified atom stereocenters. The standard InChI is InChI=1S/C17H22ClN3OS/c1-13-16(23-12-20-13)8-10-21(2)11-17(22)19-9-7-14-3-5-15(18)6-4-14/h3-6,12H,7-11H2,1-2H3,(H,19,22). The minimum absolute atomic E-state index is 0.0579. The van der Waals surface area contributed by atoms with Gasteiger partial charge in [-0.2, -0.15) is 0 Å². The molecule has 0 aliphatic carbocycles. The lowest BCUT2D eigenvalue weighted by Crippen LogP contribution is -2.36. The van der Waals surface area contributed by atoms with Gasteiger partial charge in [-0.1, -0.05) is 23.7 Å². The summed E-state index contributed by atoms with van der Waals surface area (Å²) in [4.78, 5) is 19.5. The first kappa shape index (κ1) is 17.9. The van der Waals surface area contributed by atoms with E-state index in [1.165, 1.54) is 10.4 Å². The van der Waals surface area contributed by atoms with Crippen molar-refractivity contribution in [2.75, 3.05) is 26.7 Å². The van der Waals surface area contributed by atoms with Gasteiger partial charge >= 0.3 is 0 Å². The Morgan fingerprint density at radius 1 is 1.30 bits per heavy atom. The van der Waals surface area contributed by atoms with E-state index >= 15 is 0 Å². The van der Waals surface area contributed by atoms with Gasteiger partial charge in [0.2, 0.25) is 5.91 Å². The molecule has 2 aromatic rings. The van der Waals surface area contributed by atoms with Crippen LogP contribution in [0.5, 0.6) is 0 Å². The Balaban J connectivity index is 1.64. The number of rotatable bonds is 8. The Morgan fingerprint density at radius 2 is 2.04 bits per heavy atom. The number of amides is 1. The molecule has 1 aromatic carbocycles. The van der Waals surface area contributed by atoms with Crippen LogP contribution in [0.3, 0.4) is 0 Å². The molecule has 0 saturated heterocycles. The first-order chi connectivity index (χ1) is 11.0. The van der Waals surface area contributed by atoms with Crippen molar-refractivity contribution in [3.05, 3.63) is 50.9 Å². The molecule has 0 aliphatic heterocycles. The van der Waals surface area contributed by atoms with Gasteiger partial charge in [0, 0.05) is 23.0 Å². The highest BCUT2D eigenvalue weighted by molar-refractivity contribution is 7.09. The number of carbonyl (C=O) groups is 1. The van der Waals surface area contributed by atoms with Crippen LogP contribution in [0.15, 0.2) is 29.8 Å². The van der Waals surface area contributed by atoms with Crippen molar-refractivity contribution in [2.24, 2.45) is 0 Å². The Kier molecular flexibility index (Phi) is 7.02. The van der Waals surface area contributed by atoms with E-state index in [-0.39, 0.29) is 5.91 Å². The zero-order chi connectivity index (χ0) is 16.7. The number of likely N-dealkylation sites (N-methyl/N-ethyl adjacent to an activating group) is 1. The Morgan fingerprint density at radius 3 is 2.70 bits per heavy atom. The molecule has 0 saturated carbocycles. The third-order valence-corrected chi connectivity index (χ3v) is 4.87. The van der Waals surface area contributed by atoms with E-state index in [0.29, 0.717) is 13.1 Å². The molecule has 2 rings (SSSR count). The quantitative estimate of drug-likeness (QED) is 0.795. The van der Waals surface area contributed by atoms with Crippen molar-refractivity contribution >= 4 is 28.8 Å². The number of nitrogens with zero attached hydrogens (tertiary/aromatic N) is 2. The lowest BCUT2D eigenvalue weighted by atomic mass is 10.1. The Bertz CT molecular complexity index is 627. The van der Waals surface area contributed by atoms with E-state index in [9.17, 15) is 4.79 Å². The molecule has 0 atom stereocenters. The molecule has 6 heteroatoms. The minimum Gasteiger partial charge on any atom is -0.355 e. The molecule has 0 fully saturated rings. The Labute approximate surface area is 146 Å². The van der Waals surface area contributed by atoms with Gasteiger partial charge < -0.3 is 5.32 Å². The highest BCUT2D eigenvalue weighted by atomic mass is 35.5. The van der Waals surface area contributed by atoms with Gasteiger partial charge in [-0.3, -0.25) is 9.69 Å². The summed E-state index contributed by atoms with van der Waals surface area (Å²) in [7, 11) is 1.97. The van der Waals surface area contributed by atoms with Crippen LogP contribution in [-0.2, 0) is 17.6 Å². The molecule has 1 heterocycles. The fourth-order valence-corrected chi connectivity index (χ4v) is 3.13. The maximum Gasteiger partial charge on any atom is 0.234 e. The summed E-state index contributed by atoms with van der Waals surface area (Å²) in [5.41, 5.74) is 4.13. The van der Waals surface area contributed by atoms with Crippen molar-refractivity contribution in [3.63, 3.8) is 0 Å². The predicted octanol–water partition coefficient (Wildman–Crippen LogP) is 2.94. The molecule has 23 heavy (non-hydrogen) atoms. The van der Waals surface area contributed by atoms with Crippen LogP contribution < -0.4 is 5.32 Å². The number of aromatic nitrogens is 1. The number of benzene rings is 1. The second-order valence-electron chi connectivity index (χ2n) is 5.58. The molecular formula is C17H22ClN3OS. The summed E-state index contributed by atoms with van der Waals surface area (Å²) in [6.45, 7) is 3.93. The molecule has 1 amide bonds. The topological polar surface area (TPSA) is 45.2 Å². The highest BCUT2D eigenvalue weighted by Crippen LogP contribution is 2.12. The molecule has 124 valence electrons. The second kappa shape index (κ2) is 9.01. The van der Waals surface area contributed by atoms with E-state index in [1.54, 1.807) is 11.3 Å². The van der Waals surface area contributed by atoms with Crippen molar-refractivity contribution in [1.29, 1.82) is 0 Å². The second-order valence-corrected chi connectivity index (χ2v) is 6.95. The summed E-state index contributed by atoms with van der Waals surface area (Å²) in [6.07, 6.45) is 1.75. The van der Waals surface area contributed by atoms with Gasteiger partial charge in [-0.15, -0.1) is 11.3 Å². The molecule has 0 aliphatic rings. The maximum absolute atomic E-state index is 11.9. The van der Waals surface area contributed by atoms with E-state index < -0.39 is 0 Å². The lowest BCUT2D eigenvalue weighted by Gasteiger charge is -2.16. The van der Waals surface area contributed by atoms with Gasteiger partial charge in [0.05, 0.1) is 17.7 Å². The normalized spacial score (nSPS) is 11.0. The fraction of sp³-hybridized carbons (Fsp3) is 0.412. The number of hydrogen-bond donors (Lipinski definition) is 1. The summed E-state index contributed by atoms with van der Waals surface area (Å²) in [5.74, 6) is 0.0579. The van der Waals surface area contributed by atoms with Crippen molar-refractivity contribution in [1.82, 2.24) is 15.2 Å². The van der Waals surface area contributed by atoms with Gasteiger partial charge in [-0.05, 0) is 44.5 Å². The van der Waals surface area contributed by atoms with E-state index in [0.717, 1.165) is 30.1 Å². The number of carbonyl (C=O) groups excluding carboxylic acids is 1. The third-order valence-electron chi connectivity index (χ3n) is 3.63. The molecule has 0 radical (unpaired) electrons. The van der Waals surface area contributed by atoms with Crippen LogP contribution in [-0.4, -0.2) is 42.5 Å². The van der Waals surface area contributed by atoms with Crippen LogP contribution in [0.1, 0.15) is 16.1 Å². The average molecular weight is 352 g/mol. The smallest absolute Gasteiger partial charge is 0.234 e. The van der Waals surface area contributed by atoms with Gasteiger partial charge in [-0.25, -0.2) is 4.98 Å². The fourth-order valence-electron chi connectivity index (χ4n) is 2.24. The molecule has 0 bridgehead atoms. The van der Waals surface area contributed by atoms with E-state index in [2.05, 4.69) is 10.3 Å². The number of hydrogen-bond acceptors (Lipinski definition) is 4. The van der Waals surface area contributed by atoms with Crippen LogP contribution in [0.2, 0.25) is 5.02 Å². The van der Waals surface area contributed by atoms with Crippen LogP contribution >= 0.6 is 22.9 Å². The average Bonchev–Trinajstić information content (AvgIpc) is 2.92. The van der Waals surface area contributed by atoms with E-state index in [4.69, 9.17) is 11.6 Å². The molecule has 1 aromatic heterocycles. The van der Waals surface area contributed by atoms with Crippen molar-refractivity contribution < 1.29 is 4.79 Å². The number of aryl methyl sites for hydroxylation is 1. The van der Waals surface area contributed by atoms with Gasteiger partial charge in [0.1, 0.15) is 0 Å². The third kappa shape index (κ3) is 6.29. The van der Waals surface area contributed by atoms with Crippen LogP contribution in [0, 0.1) is 6.92 Å². The Hall–Kier alpha value is -1.43. The predicted molar refractivity (Wildman–Crippen MR) is 96.2 cm³/mol. The number of thiazole rings is 1. The first-order valence-corrected chi connectivity index (χ1v) is 8.89. The summed E-state index contributed by atoms with van der Waals surface area (Å²) in [5, 5.41) is 3.69. The summed E-state index contributed by atoms with van der Waals surface area (Å²) in [6, 6.07) is 7.71. The largest absolute Gasteiger partial charge is 0.355 e. The molecule has 0 spiro atoms. The molecule has 1 N–H and O–H groups in total. The monoisotopic (exact) mass is 351 g/mol. The van der Waals surface area contributed by atoms with Gasteiger partial charge in [0.25, 0.3) is 0 Å². The number of nitrogens with one attached hydrogen (secondary N) is 1.